The lowest BCUT2D eigenvalue weighted by atomic mass is 9.85. The molecule has 4 N–H and O–H groups in total. The number of anilines is 1. The molecule has 1 aromatic rings. The summed E-state index contributed by atoms with van der Waals surface area (Å²) in [5.74, 6) is -2.61. The van der Waals surface area contributed by atoms with E-state index in [0.29, 0.717) is 18.5 Å². The molecule has 3 aliphatic rings. The smallest absolute Gasteiger partial charge is 0.316 e. The van der Waals surface area contributed by atoms with Crippen LogP contribution in [0.3, 0.4) is 0 Å². The predicted molar refractivity (Wildman–Crippen MR) is 183 cm³/mol. The highest BCUT2D eigenvalue weighted by atomic mass is 16.2. The van der Waals surface area contributed by atoms with Crippen molar-refractivity contribution in [3.8, 4) is 0 Å². The van der Waals surface area contributed by atoms with Gasteiger partial charge in [-0.05, 0) is 65.2 Å². The Morgan fingerprint density at radius 1 is 0.958 bits per heavy atom. The number of Topliss-reactive ketones (excluding diaryl/α,β-unsaturated/α-hetero) is 2. The average Bonchev–Trinajstić information content (AvgIpc) is 3.87. The number of fused-ring (bicyclic) bond motifs is 1. The standard InChI is InChI=1S/C36H54N6O6/c1-19(2)26(28(43)21-13-15-22(16-14-21)41(9)10)39-34(48)40-30(35(3,4)5)33(47)42-18-23-25(36(23,6)7)27(42)31(45)38-24(17-20-11-12-20)29(44)32(46)37-8/h13-16,19-20,23-27,30H,11-12,17-18H2,1-10H3,(H,37,46)(H,38,45)(H2,39,40,48)/t23-,24?,25-,26-,27-,30+/m0/s1. The Kier molecular flexibility index (Phi) is 10.7. The lowest BCUT2D eigenvalue weighted by Crippen LogP contribution is -2.62. The van der Waals surface area contributed by atoms with Gasteiger partial charge in [-0.1, -0.05) is 61.3 Å². The minimum atomic E-state index is -1.02. The Labute approximate surface area is 284 Å². The summed E-state index contributed by atoms with van der Waals surface area (Å²) in [5, 5.41) is 10.8. The van der Waals surface area contributed by atoms with E-state index in [1.54, 1.807) is 12.1 Å². The Bertz CT molecular complexity index is 1430. The maximum atomic E-state index is 14.3. The van der Waals surface area contributed by atoms with Crippen molar-refractivity contribution in [2.45, 2.75) is 91.9 Å². The zero-order valence-electron chi connectivity index (χ0n) is 30.1. The average molecular weight is 667 g/mol. The Hall–Kier alpha value is -3.96. The molecule has 12 heteroatoms. The van der Waals surface area contributed by atoms with Crippen molar-refractivity contribution in [2.24, 2.45) is 34.5 Å². The SMILES string of the molecule is CNC(=O)C(=O)C(CC1CC1)NC(=O)[C@@H]1[C@@H]2[C@H](CN1C(=O)[C@@H](NC(=O)N[C@H](C(=O)c1ccc(N(C)C)cc1)C(C)C)C(C)(C)C)C2(C)C. The van der Waals surface area contributed by atoms with Crippen LogP contribution < -0.4 is 26.2 Å². The summed E-state index contributed by atoms with van der Waals surface area (Å²) in [5.41, 5.74) is 0.468. The molecule has 0 aromatic heterocycles. The first-order valence-electron chi connectivity index (χ1n) is 17.0. The highest BCUT2D eigenvalue weighted by Gasteiger charge is 2.70. The van der Waals surface area contributed by atoms with Crippen molar-refractivity contribution < 1.29 is 28.8 Å². The molecule has 1 unspecified atom stereocenters. The van der Waals surface area contributed by atoms with Crippen molar-refractivity contribution in [2.75, 3.05) is 32.6 Å². The Balaban J connectivity index is 1.52. The molecule has 2 aliphatic carbocycles. The third kappa shape index (κ3) is 7.84. The van der Waals surface area contributed by atoms with Gasteiger partial charge < -0.3 is 31.1 Å². The van der Waals surface area contributed by atoms with Gasteiger partial charge in [-0.2, -0.15) is 0 Å². The molecule has 264 valence electrons. The van der Waals surface area contributed by atoms with Crippen molar-refractivity contribution in [1.29, 1.82) is 0 Å². The molecule has 0 bridgehead atoms. The van der Waals surface area contributed by atoms with Crippen LogP contribution in [0.15, 0.2) is 24.3 Å². The number of urea groups is 1. The zero-order chi connectivity index (χ0) is 35.9. The maximum Gasteiger partial charge on any atom is 0.316 e. The highest BCUT2D eigenvalue weighted by molar-refractivity contribution is 6.38. The summed E-state index contributed by atoms with van der Waals surface area (Å²) in [6.07, 6.45) is 2.25. The quantitative estimate of drug-likeness (QED) is 0.186. The number of nitrogens with one attached hydrogen (secondary N) is 4. The summed E-state index contributed by atoms with van der Waals surface area (Å²) < 4.78 is 0. The molecule has 1 saturated heterocycles. The number of nitrogens with zero attached hydrogens (tertiary/aromatic N) is 2. The Morgan fingerprint density at radius 3 is 2.06 bits per heavy atom. The first kappa shape index (κ1) is 36.9. The number of hydrogen-bond donors (Lipinski definition) is 4. The van der Waals surface area contributed by atoms with Gasteiger partial charge in [0.1, 0.15) is 12.1 Å². The minimum absolute atomic E-state index is 0.0741. The number of likely N-dealkylation sites (tertiary alicyclic amines) is 1. The van der Waals surface area contributed by atoms with Crippen LogP contribution in [0.5, 0.6) is 0 Å². The monoisotopic (exact) mass is 666 g/mol. The van der Waals surface area contributed by atoms with Gasteiger partial charge in [-0.15, -0.1) is 0 Å². The molecule has 3 fully saturated rings. The van der Waals surface area contributed by atoms with E-state index < -0.39 is 59.1 Å². The molecule has 48 heavy (non-hydrogen) atoms. The van der Waals surface area contributed by atoms with Crippen LogP contribution in [0, 0.1) is 34.5 Å². The normalized spacial score (nSPS) is 22.9. The van der Waals surface area contributed by atoms with Gasteiger partial charge in [0.05, 0.1) is 12.1 Å². The third-order valence-corrected chi connectivity index (χ3v) is 10.4. The van der Waals surface area contributed by atoms with Crippen LogP contribution in [-0.4, -0.2) is 92.1 Å². The molecular formula is C36H54N6O6. The summed E-state index contributed by atoms with van der Waals surface area (Å²) in [7, 11) is 5.20. The summed E-state index contributed by atoms with van der Waals surface area (Å²) in [6.45, 7) is 13.6. The van der Waals surface area contributed by atoms with E-state index in [0.717, 1.165) is 18.5 Å². The van der Waals surface area contributed by atoms with Crippen LogP contribution >= 0.6 is 0 Å². The number of likely N-dealkylation sites (N-methyl/N-ethyl adjacent to an activating group) is 1. The fraction of sp³-hybridized carbons (Fsp3) is 0.667. The first-order chi connectivity index (χ1) is 22.3. The van der Waals surface area contributed by atoms with Gasteiger partial charge in [0.25, 0.3) is 5.91 Å². The number of carbonyl (C=O) groups is 6. The molecule has 2 saturated carbocycles. The van der Waals surface area contributed by atoms with Crippen LogP contribution in [0.1, 0.15) is 78.1 Å². The second-order valence-corrected chi connectivity index (χ2v) is 16.0. The van der Waals surface area contributed by atoms with E-state index >= 15 is 0 Å². The molecule has 1 aliphatic heterocycles. The predicted octanol–water partition coefficient (Wildman–Crippen LogP) is 2.76. The number of piperidine rings is 1. The molecule has 1 heterocycles. The van der Waals surface area contributed by atoms with Gasteiger partial charge in [0, 0.05) is 38.9 Å². The van der Waals surface area contributed by atoms with E-state index in [9.17, 15) is 28.8 Å². The number of carbonyl (C=O) groups excluding carboxylic acids is 6. The van der Waals surface area contributed by atoms with E-state index in [-0.39, 0.29) is 34.9 Å². The van der Waals surface area contributed by atoms with Gasteiger partial charge >= 0.3 is 6.03 Å². The van der Waals surface area contributed by atoms with E-state index in [4.69, 9.17) is 0 Å². The number of benzene rings is 1. The third-order valence-electron chi connectivity index (χ3n) is 10.4. The second kappa shape index (κ2) is 13.9. The number of ketones is 2. The van der Waals surface area contributed by atoms with Crippen LogP contribution in [0.4, 0.5) is 10.5 Å². The van der Waals surface area contributed by atoms with Gasteiger partial charge in [0.15, 0.2) is 5.78 Å². The molecule has 5 amide bonds. The fourth-order valence-electron chi connectivity index (χ4n) is 7.04. The topological polar surface area (TPSA) is 157 Å². The van der Waals surface area contributed by atoms with E-state index in [1.165, 1.54) is 11.9 Å². The number of rotatable bonds is 13. The number of amides is 5. The lowest BCUT2D eigenvalue weighted by molar-refractivity contribution is -0.145. The fourth-order valence-corrected chi connectivity index (χ4v) is 7.04. The van der Waals surface area contributed by atoms with Crippen molar-refractivity contribution in [1.82, 2.24) is 26.2 Å². The molecule has 12 nitrogen and oxygen atoms in total. The van der Waals surface area contributed by atoms with Crippen LogP contribution in [0.2, 0.25) is 0 Å². The number of hydrogen-bond acceptors (Lipinski definition) is 7. The van der Waals surface area contributed by atoms with Gasteiger partial charge in [-0.3, -0.25) is 24.0 Å². The Morgan fingerprint density at radius 2 is 1.56 bits per heavy atom. The summed E-state index contributed by atoms with van der Waals surface area (Å²) in [6, 6.07) is 2.79. The molecule has 6 atom stereocenters. The lowest BCUT2D eigenvalue weighted by Gasteiger charge is -2.38. The van der Waals surface area contributed by atoms with Crippen molar-refractivity contribution in [3.63, 3.8) is 0 Å². The largest absolute Gasteiger partial charge is 0.378 e. The maximum absolute atomic E-state index is 14.3. The molecule has 4 rings (SSSR count). The van der Waals surface area contributed by atoms with Gasteiger partial charge in [0.2, 0.25) is 17.6 Å². The molecular weight excluding hydrogens is 612 g/mol. The highest BCUT2D eigenvalue weighted by Crippen LogP contribution is 2.65. The second-order valence-electron chi connectivity index (χ2n) is 16.0. The molecule has 1 aromatic carbocycles. The molecule has 0 spiro atoms. The van der Waals surface area contributed by atoms with E-state index in [1.807, 2.05) is 65.7 Å². The van der Waals surface area contributed by atoms with Crippen molar-refractivity contribution in [3.05, 3.63) is 29.8 Å². The van der Waals surface area contributed by atoms with Gasteiger partial charge in [-0.25, -0.2) is 4.79 Å². The first-order valence-corrected chi connectivity index (χ1v) is 17.0. The van der Waals surface area contributed by atoms with Crippen LogP contribution in [-0.2, 0) is 19.2 Å². The molecule has 0 radical (unpaired) electrons. The van der Waals surface area contributed by atoms with E-state index in [2.05, 4.69) is 35.1 Å². The summed E-state index contributed by atoms with van der Waals surface area (Å²) >= 11 is 0. The zero-order valence-corrected chi connectivity index (χ0v) is 30.1. The van der Waals surface area contributed by atoms with Crippen LogP contribution in [0.25, 0.3) is 0 Å². The minimum Gasteiger partial charge on any atom is -0.378 e. The summed E-state index contributed by atoms with van der Waals surface area (Å²) in [4.78, 5) is 83.9. The van der Waals surface area contributed by atoms with Crippen molar-refractivity contribution >= 4 is 41.0 Å².